The van der Waals surface area contributed by atoms with E-state index < -0.39 is 0 Å². The minimum atomic E-state index is -0.338. The van der Waals surface area contributed by atoms with Crippen LogP contribution in [-0.2, 0) is 0 Å². The Morgan fingerprint density at radius 3 is 2.46 bits per heavy atom. The lowest BCUT2D eigenvalue weighted by Crippen LogP contribution is -2.31. The number of hydrogen-bond acceptors (Lipinski definition) is 6. The maximum Gasteiger partial charge on any atom is 0.260 e. The lowest BCUT2D eigenvalue weighted by atomic mass is 9.96. The fourth-order valence-corrected chi connectivity index (χ4v) is 4.17. The standard InChI is InChI=1S/C28H37N3O4/c1-18(10-7-14-28(3,4)29)8-5-9-19(2)13-15-31-22-16-20(32)17-24(34)26(22)30-25-21(27(31)35)11-6-12-23(25)33/h6,8,11-13,16-17,30,32-34H,5,7,9-10,14-15,29H2,1-4H3/b18-8+,19-13+. The molecule has 6 N–H and O–H groups in total. The van der Waals surface area contributed by atoms with Crippen molar-refractivity contribution in [3.8, 4) is 17.2 Å². The maximum absolute atomic E-state index is 13.4. The Morgan fingerprint density at radius 2 is 1.74 bits per heavy atom. The summed E-state index contributed by atoms with van der Waals surface area (Å²) in [6.07, 6.45) is 9.10. The van der Waals surface area contributed by atoms with Crippen LogP contribution in [0, 0.1) is 0 Å². The molecule has 188 valence electrons. The van der Waals surface area contributed by atoms with E-state index in [0.717, 1.165) is 37.7 Å². The molecule has 7 heteroatoms. The molecular weight excluding hydrogens is 442 g/mol. The van der Waals surface area contributed by atoms with Gasteiger partial charge in [-0.2, -0.15) is 0 Å². The topological polar surface area (TPSA) is 119 Å². The molecule has 0 spiro atoms. The van der Waals surface area contributed by atoms with Crippen molar-refractivity contribution >= 4 is 23.0 Å². The van der Waals surface area contributed by atoms with Crippen molar-refractivity contribution in [3.63, 3.8) is 0 Å². The number of nitrogens with two attached hydrogens (primary N) is 1. The fourth-order valence-electron chi connectivity index (χ4n) is 4.17. The van der Waals surface area contributed by atoms with E-state index >= 15 is 0 Å². The van der Waals surface area contributed by atoms with Crippen LogP contribution < -0.4 is 16.0 Å². The third-order valence-electron chi connectivity index (χ3n) is 6.19. The minimum absolute atomic E-state index is 0.0972. The molecule has 2 aromatic carbocycles. The average Bonchev–Trinajstić information content (AvgIpc) is 2.87. The summed E-state index contributed by atoms with van der Waals surface area (Å²) in [6.45, 7) is 8.53. The van der Waals surface area contributed by atoms with Crippen molar-refractivity contribution in [2.75, 3.05) is 16.8 Å². The van der Waals surface area contributed by atoms with Gasteiger partial charge in [0.15, 0.2) is 0 Å². The number of para-hydroxylation sites is 1. The van der Waals surface area contributed by atoms with E-state index in [1.54, 1.807) is 12.1 Å². The average molecular weight is 480 g/mol. The van der Waals surface area contributed by atoms with Gasteiger partial charge in [-0.15, -0.1) is 0 Å². The van der Waals surface area contributed by atoms with E-state index in [-0.39, 0.29) is 52.2 Å². The number of fused-ring (bicyclic) bond motifs is 2. The summed E-state index contributed by atoms with van der Waals surface area (Å²) >= 11 is 0. The third kappa shape index (κ3) is 6.79. The van der Waals surface area contributed by atoms with E-state index in [4.69, 9.17) is 5.73 Å². The number of amides is 1. The highest BCUT2D eigenvalue weighted by molar-refractivity contribution is 6.15. The molecule has 0 saturated carbocycles. The minimum Gasteiger partial charge on any atom is -0.508 e. The molecule has 1 heterocycles. The molecule has 1 aliphatic heterocycles. The van der Waals surface area contributed by atoms with E-state index in [0.29, 0.717) is 5.69 Å². The number of phenols is 3. The molecule has 0 saturated heterocycles. The van der Waals surface area contributed by atoms with Crippen molar-refractivity contribution in [1.29, 1.82) is 0 Å². The molecular formula is C28H37N3O4. The summed E-state index contributed by atoms with van der Waals surface area (Å²) in [7, 11) is 0. The Labute approximate surface area is 207 Å². The monoisotopic (exact) mass is 479 g/mol. The number of nitrogens with one attached hydrogen (secondary N) is 1. The number of anilines is 3. The van der Waals surface area contributed by atoms with Crippen LogP contribution in [0.3, 0.4) is 0 Å². The molecule has 35 heavy (non-hydrogen) atoms. The van der Waals surface area contributed by atoms with Crippen molar-refractivity contribution in [1.82, 2.24) is 0 Å². The van der Waals surface area contributed by atoms with Gasteiger partial charge in [0.25, 0.3) is 5.91 Å². The van der Waals surface area contributed by atoms with Crippen LogP contribution >= 0.6 is 0 Å². The lowest BCUT2D eigenvalue weighted by molar-refractivity contribution is 0.0991. The molecule has 0 unspecified atom stereocenters. The first-order valence-electron chi connectivity index (χ1n) is 12.0. The molecule has 1 amide bonds. The van der Waals surface area contributed by atoms with Gasteiger partial charge in [0.1, 0.15) is 22.9 Å². The number of allylic oxidation sites excluding steroid dienone is 3. The molecule has 0 radical (unpaired) electrons. The molecule has 7 nitrogen and oxygen atoms in total. The van der Waals surface area contributed by atoms with Crippen molar-refractivity contribution < 1.29 is 20.1 Å². The van der Waals surface area contributed by atoms with Gasteiger partial charge < -0.3 is 31.3 Å². The van der Waals surface area contributed by atoms with E-state index in [9.17, 15) is 20.1 Å². The van der Waals surface area contributed by atoms with Gasteiger partial charge in [-0.25, -0.2) is 0 Å². The number of carbonyl (C=O) groups excluding carboxylic acids is 1. The Bertz CT molecular complexity index is 1150. The van der Waals surface area contributed by atoms with Crippen molar-refractivity contribution in [2.24, 2.45) is 5.73 Å². The van der Waals surface area contributed by atoms with Crippen molar-refractivity contribution in [2.45, 2.75) is 65.3 Å². The highest BCUT2D eigenvalue weighted by Gasteiger charge is 2.29. The van der Waals surface area contributed by atoms with Gasteiger partial charge in [0, 0.05) is 24.2 Å². The highest BCUT2D eigenvalue weighted by Crippen LogP contribution is 2.45. The van der Waals surface area contributed by atoms with Crippen molar-refractivity contribution in [3.05, 3.63) is 59.2 Å². The van der Waals surface area contributed by atoms with Gasteiger partial charge in [-0.3, -0.25) is 4.79 Å². The number of benzene rings is 2. The van der Waals surface area contributed by atoms with E-state index in [2.05, 4.69) is 18.3 Å². The van der Waals surface area contributed by atoms with Crippen LogP contribution in [0.15, 0.2) is 53.6 Å². The van der Waals surface area contributed by atoms with Gasteiger partial charge >= 0.3 is 0 Å². The zero-order valence-corrected chi connectivity index (χ0v) is 21.1. The predicted molar refractivity (Wildman–Crippen MR) is 142 cm³/mol. The first kappa shape index (κ1) is 26.2. The van der Waals surface area contributed by atoms with Crippen LogP contribution in [0.25, 0.3) is 0 Å². The summed E-state index contributed by atoms with van der Waals surface area (Å²) < 4.78 is 0. The summed E-state index contributed by atoms with van der Waals surface area (Å²) in [4.78, 5) is 14.9. The van der Waals surface area contributed by atoms with Crippen LogP contribution in [0.2, 0.25) is 0 Å². The summed E-state index contributed by atoms with van der Waals surface area (Å²) in [5.74, 6) is -0.807. The molecule has 0 aliphatic carbocycles. The number of nitrogens with zero attached hydrogens (tertiary/aromatic N) is 1. The molecule has 0 aromatic heterocycles. The second kappa shape index (κ2) is 10.9. The summed E-state index contributed by atoms with van der Waals surface area (Å²) in [5, 5.41) is 33.8. The lowest BCUT2D eigenvalue weighted by Gasteiger charge is -2.22. The molecule has 3 rings (SSSR count). The number of aromatic hydroxyl groups is 3. The maximum atomic E-state index is 13.4. The second-order valence-electron chi connectivity index (χ2n) is 10.1. The van der Waals surface area contributed by atoms with E-state index in [1.165, 1.54) is 28.7 Å². The third-order valence-corrected chi connectivity index (χ3v) is 6.19. The predicted octanol–water partition coefficient (Wildman–Crippen LogP) is 6.09. The summed E-state index contributed by atoms with van der Waals surface area (Å²) in [5.41, 5.74) is 9.50. The van der Waals surface area contributed by atoms with Gasteiger partial charge in [-0.1, -0.05) is 29.4 Å². The molecule has 1 aliphatic rings. The highest BCUT2D eigenvalue weighted by atomic mass is 16.3. The fraction of sp³-hybridized carbons (Fsp3) is 0.393. The Morgan fingerprint density at radius 1 is 1.03 bits per heavy atom. The quantitative estimate of drug-likeness (QED) is 0.169. The number of hydrogen-bond donors (Lipinski definition) is 5. The number of phenolic OH excluding ortho intramolecular Hbond substituents is 3. The molecule has 2 aromatic rings. The second-order valence-corrected chi connectivity index (χ2v) is 10.1. The van der Waals surface area contributed by atoms with E-state index in [1.807, 2.05) is 26.8 Å². The van der Waals surface area contributed by atoms with Crippen LogP contribution in [0.5, 0.6) is 17.2 Å². The number of rotatable bonds is 9. The van der Waals surface area contributed by atoms with Crippen LogP contribution in [0.4, 0.5) is 17.1 Å². The Balaban J connectivity index is 1.75. The van der Waals surface area contributed by atoms with Crippen LogP contribution in [-0.4, -0.2) is 33.3 Å². The number of carbonyl (C=O) groups is 1. The molecule has 0 bridgehead atoms. The van der Waals surface area contributed by atoms with Gasteiger partial charge in [0.2, 0.25) is 0 Å². The van der Waals surface area contributed by atoms with Gasteiger partial charge in [0.05, 0.1) is 16.9 Å². The Kier molecular flexibility index (Phi) is 8.12. The largest absolute Gasteiger partial charge is 0.508 e. The zero-order valence-electron chi connectivity index (χ0n) is 21.1. The molecule has 0 fully saturated rings. The zero-order chi connectivity index (χ0) is 25.8. The van der Waals surface area contributed by atoms with Gasteiger partial charge in [-0.05, 0) is 71.9 Å². The SMILES string of the molecule is C/C(=C\CN1C(=O)c2cccc(O)c2Nc2c(O)cc(O)cc21)CC/C=C(\C)CCCC(C)(C)N. The first-order chi connectivity index (χ1) is 16.5. The smallest absolute Gasteiger partial charge is 0.260 e. The molecule has 0 atom stereocenters. The first-order valence-corrected chi connectivity index (χ1v) is 12.0. The summed E-state index contributed by atoms with van der Waals surface area (Å²) in [6, 6.07) is 7.33. The Hall–Kier alpha value is -3.45. The van der Waals surface area contributed by atoms with Crippen LogP contribution in [0.1, 0.15) is 70.2 Å². The normalized spacial score (nSPS) is 14.3.